The lowest BCUT2D eigenvalue weighted by molar-refractivity contribution is -0.106. The van der Waals surface area contributed by atoms with E-state index in [0.717, 1.165) is 6.42 Å². The van der Waals surface area contributed by atoms with E-state index >= 15 is 0 Å². The summed E-state index contributed by atoms with van der Waals surface area (Å²) in [4.78, 5) is 0. The predicted octanol–water partition coefficient (Wildman–Crippen LogP) is 1.14. The predicted molar refractivity (Wildman–Crippen MR) is 37.4 cm³/mol. The fourth-order valence-corrected chi connectivity index (χ4v) is 2.24. The molecule has 1 heterocycles. The van der Waals surface area contributed by atoms with Gasteiger partial charge in [-0.05, 0) is 18.8 Å². The first-order chi connectivity index (χ1) is 4.79. The van der Waals surface area contributed by atoms with E-state index in [0.29, 0.717) is 17.9 Å². The lowest BCUT2D eigenvalue weighted by atomic mass is 9.94. The van der Waals surface area contributed by atoms with Crippen molar-refractivity contribution in [2.75, 3.05) is 0 Å². The summed E-state index contributed by atoms with van der Waals surface area (Å²) in [6.07, 6.45) is 3.60. The molecule has 2 nitrogen and oxygen atoms in total. The molecular formula is C8H14O2. The Morgan fingerprint density at radius 1 is 1.40 bits per heavy atom. The topological polar surface area (TPSA) is 29.5 Å². The summed E-state index contributed by atoms with van der Waals surface area (Å²) < 4.78 is 5.35. The van der Waals surface area contributed by atoms with Gasteiger partial charge in [-0.2, -0.15) is 0 Å². The van der Waals surface area contributed by atoms with E-state index in [1.165, 1.54) is 12.8 Å². The zero-order valence-electron chi connectivity index (χ0n) is 6.29. The second-order valence-corrected chi connectivity index (χ2v) is 3.52. The Labute approximate surface area is 61.2 Å². The van der Waals surface area contributed by atoms with E-state index in [1.54, 1.807) is 0 Å². The molecule has 2 aliphatic rings. The van der Waals surface area contributed by atoms with Crippen LogP contribution in [0, 0.1) is 11.8 Å². The Morgan fingerprint density at radius 3 is 2.90 bits per heavy atom. The van der Waals surface area contributed by atoms with Gasteiger partial charge < -0.3 is 9.84 Å². The van der Waals surface area contributed by atoms with Crippen molar-refractivity contribution in [3.8, 4) is 0 Å². The molecular weight excluding hydrogens is 128 g/mol. The number of fused-ring (bicyclic) bond motifs is 1. The molecule has 0 aromatic carbocycles. The molecule has 0 radical (unpaired) electrons. The number of rotatable bonds is 0. The van der Waals surface area contributed by atoms with E-state index in [1.807, 2.05) is 0 Å². The highest BCUT2D eigenvalue weighted by atomic mass is 16.6. The molecule has 10 heavy (non-hydrogen) atoms. The zero-order valence-corrected chi connectivity index (χ0v) is 6.29. The average Bonchev–Trinajstić information content (AvgIpc) is 2.41. The van der Waals surface area contributed by atoms with E-state index in [4.69, 9.17) is 4.74 Å². The van der Waals surface area contributed by atoms with Crippen LogP contribution >= 0.6 is 0 Å². The standard InChI is InChI=1S/C8H14O2/c1-5-6-3-2-4-7(6)10-8(5)9/h5-9H,2-4H2,1H3. The van der Waals surface area contributed by atoms with Crippen molar-refractivity contribution in [2.45, 2.75) is 38.6 Å². The summed E-state index contributed by atoms with van der Waals surface area (Å²) in [6, 6.07) is 0. The highest BCUT2D eigenvalue weighted by molar-refractivity contribution is 4.88. The molecule has 58 valence electrons. The van der Waals surface area contributed by atoms with Gasteiger partial charge in [0.25, 0.3) is 0 Å². The molecule has 1 aliphatic heterocycles. The summed E-state index contributed by atoms with van der Waals surface area (Å²) in [5.74, 6) is 1.02. The van der Waals surface area contributed by atoms with Crippen LogP contribution in [-0.4, -0.2) is 17.5 Å². The first-order valence-corrected chi connectivity index (χ1v) is 4.12. The van der Waals surface area contributed by atoms with Crippen LogP contribution in [0.3, 0.4) is 0 Å². The van der Waals surface area contributed by atoms with E-state index in [-0.39, 0.29) is 0 Å². The summed E-state index contributed by atoms with van der Waals surface area (Å²) in [5, 5.41) is 9.28. The van der Waals surface area contributed by atoms with Crippen LogP contribution in [0.5, 0.6) is 0 Å². The lowest BCUT2D eigenvalue weighted by Gasteiger charge is -2.10. The Bertz CT molecular complexity index is 133. The Morgan fingerprint density at radius 2 is 2.20 bits per heavy atom. The monoisotopic (exact) mass is 142 g/mol. The number of hydrogen-bond acceptors (Lipinski definition) is 2. The third-order valence-electron chi connectivity index (χ3n) is 2.94. The Hall–Kier alpha value is -0.0800. The number of aliphatic hydroxyl groups is 1. The number of aliphatic hydroxyl groups excluding tert-OH is 1. The molecule has 0 spiro atoms. The van der Waals surface area contributed by atoms with Crippen LogP contribution < -0.4 is 0 Å². The summed E-state index contributed by atoms with van der Waals surface area (Å²) in [6.45, 7) is 2.08. The van der Waals surface area contributed by atoms with Crippen molar-refractivity contribution in [1.82, 2.24) is 0 Å². The molecule has 2 heteroatoms. The molecule has 2 fully saturated rings. The first-order valence-electron chi connectivity index (χ1n) is 4.12. The van der Waals surface area contributed by atoms with Crippen molar-refractivity contribution < 1.29 is 9.84 Å². The molecule has 2 rings (SSSR count). The summed E-state index contributed by atoms with van der Waals surface area (Å²) in [5.41, 5.74) is 0. The average molecular weight is 142 g/mol. The summed E-state index contributed by atoms with van der Waals surface area (Å²) in [7, 11) is 0. The Balaban J connectivity index is 2.09. The van der Waals surface area contributed by atoms with Gasteiger partial charge in [-0.25, -0.2) is 0 Å². The minimum atomic E-state index is -0.477. The lowest BCUT2D eigenvalue weighted by Crippen LogP contribution is -2.15. The Kier molecular flexibility index (Phi) is 1.46. The quantitative estimate of drug-likeness (QED) is 0.549. The van der Waals surface area contributed by atoms with Crippen LogP contribution in [0.4, 0.5) is 0 Å². The third kappa shape index (κ3) is 0.789. The molecule has 0 aromatic rings. The fourth-order valence-electron chi connectivity index (χ4n) is 2.24. The van der Waals surface area contributed by atoms with Gasteiger partial charge in [0.05, 0.1) is 6.10 Å². The van der Waals surface area contributed by atoms with E-state index in [9.17, 15) is 5.11 Å². The smallest absolute Gasteiger partial charge is 0.157 e. The van der Waals surface area contributed by atoms with Crippen molar-refractivity contribution in [2.24, 2.45) is 11.8 Å². The maximum Gasteiger partial charge on any atom is 0.157 e. The molecule has 0 aromatic heterocycles. The minimum Gasteiger partial charge on any atom is -0.368 e. The van der Waals surface area contributed by atoms with Crippen molar-refractivity contribution >= 4 is 0 Å². The van der Waals surface area contributed by atoms with E-state index in [2.05, 4.69) is 6.92 Å². The van der Waals surface area contributed by atoms with Crippen LogP contribution in [-0.2, 0) is 4.74 Å². The molecule has 1 saturated heterocycles. The van der Waals surface area contributed by atoms with Crippen LogP contribution in [0.1, 0.15) is 26.2 Å². The second kappa shape index (κ2) is 2.21. The number of hydrogen-bond donors (Lipinski definition) is 1. The largest absolute Gasteiger partial charge is 0.368 e. The van der Waals surface area contributed by atoms with Crippen molar-refractivity contribution in [3.63, 3.8) is 0 Å². The first kappa shape index (κ1) is 6.62. The molecule has 4 atom stereocenters. The molecule has 0 amide bonds. The SMILES string of the molecule is CC1C(O)OC2CCCC21. The van der Waals surface area contributed by atoms with Gasteiger partial charge in [-0.3, -0.25) is 0 Å². The maximum atomic E-state index is 9.28. The van der Waals surface area contributed by atoms with Gasteiger partial charge in [0.15, 0.2) is 6.29 Å². The third-order valence-corrected chi connectivity index (χ3v) is 2.94. The molecule has 1 N–H and O–H groups in total. The van der Waals surface area contributed by atoms with Crippen molar-refractivity contribution in [1.29, 1.82) is 0 Å². The molecule has 4 unspecified atom stereocenters. The molecule has 0 bridgehead atoms. The van der Waals surface area contributed by atoms with Crippen LogP contribution in [0.25, 0.3) is 0 Å². The van der Waals surface area contributed by atoms with Gasteiger partial charge in [0.1, 0.15) is 0 Å². The number of ether oxygens (including phenoxy) is 1. The fraction of sp³-hybridized carbons (Fsp3) is 1.00. The van der Waals surface area contributed by atoms with Gasteiger partial charge in [-0.1, -0.05) is 13.3 Å². The van der Waals surface area contributed by atoms with Gasteiger partial charge >= 0.3 is 0 Å². The zero-order chi connectivity index (χ0) is 7.14. The van der Waals surface area contributed by atoms with E-state index < -0.39 is 6.29 Å². The normalized spacial score (nSPS) is 53.4. The highest BCUT2D eigenvalue weighted by Crippen LogP contribution is 2.41. The van der Waals surface area contributed by atoms with Crippen LogP contribution in [0.15, 0.2) is 0 Å². The highest BCUT2D eigenvalue weighted by Gasteiger charge is 2.43. The van der Waals surface area contributed by atoms with Gasteiger partial charge in [0.2, 0.25) is 0 Å². The summed E-state index contributed by atoms with van der Waals surface area (Å²) >= 11 is 0. The second-order valence-electron chi connectivity index (χ2n) is 3.52. The van der Waals surface area contributed by atoms with Crippen LogP contribution in [0.2, 0.25) is 0 Å². The minimum absolute atomic E-state index is 0.368. The van der Waals surface area contributed by atoms with Gasteiger partial charge in [-0.15, -0.1) is 0 Å². The maximum absolute atomic E-state index is 9.28. The van der Waals surface area contributed by atoms with Gasteiger partial charge in [0, 0.05) is 5.92 Å². The molecule has 1 aliphatic carbocycles. The molecule has 1 saturated carbocycles. The van der Waals surface area contributed by atoms with Crippen molar-refractivity contribution in [3.05, 3.63) is 0 Å².